The third-order valence-electron chi connectivity index (χ3n) is 5.04. The zero-order valence-corrected chi connectivity index (χ0v) is 16.6. The minimum absolute atomic E-state index is 0.460. The Morgan fingerprint density at radius 3 is 2.28 bits per heavy atom. The van der Waals surface area contributed by atoms with Crippen molar-refractivity contribution in [3.8, 4) is 11.4 Å². The van der Waals surface area contributed by atoms with E-state index in [4.69, 9.17) is 17.3 Å². The molecular weight excluding hydrogens is 376 g/mol. The van der Waals surface area contributed by atoms with Gasteiger partial charge in [0.15, 0.2) is 5.82 Å². The average molecular weight is 395 g/mol. The van der Waals surface area contributed by atoms with Gasteiger partial charge in [0.25, 0.3) is 0 Å². The largest absolute Gasteiger partial charge is 0.250 e. The molecule has 1 aromatic heterocycles. The molecule has 5 heteroatoms. The fourth-order valence-electron chi connectivity index (χ4n) is 3.67. The summed E-state index contributed by atoms with van der Waals surface area (Å²) in [5, 5.41) is 16.7. The van der Waals surface area contributed by atoms with E-state index >= 15 is 0 Å². The number of aryl methyl sites for hydroxylation is 1. The van der Waals surface area contributed by atoms with E-state index < -0.39 is 0 Å². The number of aromatic nitrogens is 3. The van der Waals surface area contributed by atoms with Crippen LogP contribution in [0.1, 0.15) is 11.1 Å². The summed E-state index contributed by atoms with van der Waals surface area (Å²) in [6, 6.07) is 27.1. The third kappa shape index (κ3) is 3.15. The van der Waals surface area contributed by atoms with Gasteiger partial charge in [0.2, 0.25) is 4.77 Å². The van der Waals surface area contributed by atoms with Crippen molar-refractivity contribution in [3.63, 3.8) is 0 Å². The highest BCUT2D eigenvalue weighted by Gasteiger charge is 2.09. The van der Waals surface area contributed by atoms with E-state index in [0.717, 1.165) is 27.5 Å². The molecule has 0 radical (unpaired) electrons. The molecule has 5 rings (SSSR count). The first-order valence-electron chi connectivity index (χ1n) is 9.40. The number of H-pyrrole nitrogens is 1. The van der Waals surface area contributed by atoms with Crippen molar-refractivity contribution in [1.82, 2.24) is 14.9 Å². The summed E-state index contributed by atoms with van der Waals surface area (Å²) in [6.45, 7) is 2.06. The van der Waals surface area contributed by atoms with Crippen molar-refractivity contribution in [2.24, 2.45) is 5.10 Å². The van der Waals surface area contributed by atoms with E-state index in [9.17, 15) is 0 Å². The molecule has 0 amide bonds. The predicted molar refractivity (Wildman–Crippen MR) is 122 cm³/mol. The zero-order chi connectivity index (χ0) is 19.8. The quantitative estimate of drug-likeness (QED) is 0.228. The van der Waals surface area contributed by atoms with Crippen molar-refractivity contribution < 1.29 is 0 Å². The molecule has 4 aromatic carbocycles. The number of hydrogen-bond donors (Lipinski definition) is 1. The van der Waals surface area contributed by atoms with Crippen LogP contribution < -0.4 is 0 Å². The number of benzene rings is 4. The van der Waals surface area contributed by atoms with E-state index in [1.165, 1.54) is 10.8 Å². The van der Waals surface area contributed by atoms with E-state index in [2.05, 4.69) is 83.9 Å². The van der Waals surface area contributed by atoms with Crippen LogP contribution in [0.25, 0.3) is 32.9 Å². The van der Waals surface area contributed by atoms with Gasteiger partial charge in [0.05, 0.1) is 6.21 Å². The van der Waals surface area contributed by atoms with Crippen LogP contribution in [0.15, 0.2) is 84.0 Å². The molecule has 29 heavy (non-hydrogen) atoms. The van der Waals surface area contributed by atoms with E-state index in [1.54, 1.807) is 4.68 Å². The highest BCUT2D eigenvalue weighted by molar-refractivity contribution is 7.71. The molecule has 0 unspecified atom stereocenters. The molecule has 0 atom stereocenters. The Morgan fingerprint density at radius 2 is 1.59 bits per heavy atom. The number of nitrogens with one attached hydrogen (secondary N) is 1. The molecule has 0 bridgehead atoms. The Labute approximate surface area is 173 Å². The minimum Gasteiger partial charge on any atom is -0.250 e. The van der Waals surface area contributed by atoms with Crippen LogP contribution in [0.5, 0.6) is 0 Å². The minimum atomic E-state index is 0.460. The van der Waals surface area contributed by atoms with Gasteiger partial charge in [-0.3, -0.25) is 0 Å². The standard InChI is InChI=1S/C24H18N4S/c1-16-7-6-10-19(13-16)23-26-27-24(29)28(23)25-15-22-20-11-4-2-8-17(20)14-18-9-3-5-12-21(18)22/h2-15H,1H3,(H,27,29)/b25-15-. The molecule has 1 N–H and O–H groups in total. The van der Waals surface area contributed by atoms with Crippen LogP contribution in [0.4, 0.5) is 0 Å². The number of hydrogen-bond acceptors (Lipinski definition) is 3. The molecule has 0 fully saturated rings. The number of rotatable bonds is 3. The fraction of sp³-hybridized carbons (Fsp3) is 0.0417. The topological polar surface area (TPSA) is 46.0 Å². The second-order valence-electron chi connectivity index (χ2n) is 7.01. The van der Waals surface area contributed by atoms with E-state index in [1.807, 2.05) is 18.3 Å². The monoisotopic (exact) mass is 394 g/mol. The van der Waals surface area contributed by atoms with Crippen molar-refractivity contribution in [1.29, 1.82) is 0 Å². The number of aromatic amines is 1. The van der Waals surface area contributed by atoms with Crippen molar-refractivity contribution in [3.05, 3.63) is 94.8 Å². The van der Waals surface area contributed by atoms with Gasteiger partial charge in [-0.1, -0.05) is 72.3 Å². The van der Waals surface area contributed by atoms with Crippen LogP contribution in [0.2, 0.25) is 0 Å². The lowest BCUT2D eigenvalue weighted by Crippen LogP contribution is -1.96. The lowest BCUT2D eigenvalue weighted by atomic mass is 9.97. The summed E-state index contributed by atoms with van der Waals surface area (Å²) in [5.74, 6) is 0.694. The molecular formula is C24H18N4S. The van der Waals surface area contributed by atoms with Gasteiger partial charge in [0, 0.05) is 11.1 Å². The molecule has 0 aliphatic heterocycles. The second-order valence-corrected chi connectivity index (χ2v) is 7.40. The molecule has 0 spiro atoms. The lowest BCUT2D eigenvalue weighted by Gasteiger charge is -2.08. The smallest absolute Gasteiger partial charge is 0.216 e. The molecule has 0 aliphatic rings. The van der Waals surface area contributed by atoms with Crippen molar-refractivity contribution in [2.45, 2.75) is 6.92 Å². The number of nitrogens with zero attached hydrogens (tertiary/aromatic N) is 3. The Hall–Kier alpha value is -3.57. The average Bonchev–Trinajstić information content (AvgIpc) is 3.11. The summed E-state index contributed by atoms with van der Waals surface area (Å²) in [4.78, 5) is 0. The summed E-state index contributed by atoms with van der Waals surface area (Å²) < 4.78 is 2.14. The molecule has 0 saturated carbocycles. The number of fused-ring (bicyclic) bond motifs is 2. The summed E-state index contributed by atoms with van der Waals surface area (Å²) in [7, 11) is 0. The van der Waals surface area contributed by atoms with Gasteiger partial charge in [-0.05, 0) is 52.8 Å². The fourth-order valence-corrected chi connectivity index (χ4v) is 3.85. The van der Waals surface area contributed by atoms with Crippen molar-refractivity contribution >= 4 is 40.0 Å². The third-order valence-corrected chi connectivity index (χ3v) is 5.31. The molecule has 140 valence electrons. The normalized spacial score (nSPS) is 11.6. The predicted octanol–water partition coefficient (Wildman–Crippen LogP) is 6.10. The van der Waals surface area contributed by atoms with Crippen LogP contribution in [0.3, 0.4) is 0 Å². The first kappa shape index (κ1) is 17.5. The van der Waals surface area contributed by atoms with Gasteiger partial charge < -0.3 is 0 Å². The molecule has 1 heterocycles. The van der Waals surface area contributed by atoms with Crippen molar-refractivity contribution in [2.75, 3.05) is 0 Å². The molecule has 4 nitrogen and oxygen atoms in total. The lowest BCUT2D eigenvalue weighted by molar-refractivity contribution is 0.872. The van der Waals surface area contributed by atoms with Gasteiger partial charge >= 0.3 is 0 Å². The van der Waals surface area contributed by atoms with Gasteiger partial charge in [-0.15, -0.1) is 0 Å². The van der Waals surface area contributed by atoms with E-state index in [0.29, 0.717) is 10.6 Å². The van der Waals surface area contributed by atoms with Gasteiger partial charge in [-0.25, -0.2) is 5.10 Å². The molecule has 0 aliphatic carbocycles. The van der Waals surface area contributed by atoms with Crippen LogP contribution in [-0.2, 0) is 0 Å². The SMILES string of the molecule is Cc1cccc(-c2n[nH]c(=S)n2/N=C\c2c3ccccc3cc3ccccc23)c1. The highest BCUT2D eigenvalue weighted by atomic mass is 32.1. The maximum Gasteiger partial charge on any atom is 0.216 e. The van der Waals surface area contributed by atoms with Gasteiger partial charge in [-0.2, -0.15) is 14.9 Å². The van der Waals surface area contributed by atoms with Crippen LogP contribution >= 0.6 is 12.2 Å². The Balaban J connectivity index is 1.71. The zero-order valence-electron chi connectivity index (χ0n) is 15.8. The van der Waals surface area contributed by atoms with Gasteiger partial charge in [0.1, 0.15) is 0 Å². The van der Waals surface area contributed by atoms with E-state index in [-0.39, 0.29) is 0 Å². The van der Waals surface area contributed by atoms with Crippen LogP contribution in [0, 0.1) is 11.7 Å². The molecule has 0 saturated heterocycles. The Bertz CT molecular complexity index is 1390. The Kier molecular flexibility index (Phi) is 4.30. The summed E-state index contributed by atoms with van der Waals surface area (Å²) >= 11 is 5.44. The Morgan fingerprint density at radius 1 is 0.897 bits per heavy atom. The first-order chi connectivity index (χ1) is 14.2. The van der Waals surface area contributed by atoms with Crippen LogP contribution in [-0.4, -0.2) is 21.1 Å². The summed E-state index contributed by atoms with van der Waals surface area (Å²) in [5.41, 5.74) is 3.20. The maximum absolute atomic E-state index is 5.44. The highest BCUT2D eigenvalue weighted by Crippen LogP contribution is 2.27. The first-order valence-corrected chi connectivity index (χ1v) is 9.81. The second kappa shape index (κ2) is 7.11. The molecule has 5 aromatic rings. The summed E-state index contributed by atoms with van der Waals surface area (Å²) in [6.07, 6.45) is 1.88. The maximum atomic E-state index is 5.44.